The predicted octanol–water partition coefficient (Wildman–Crippen LogP) is 2.51. The van der Waals surface area contributed by atoms with Crippen LogP contribution in [0.3, 0.4) is 0 Å². The Morgan fingerprint density at radius 2 is 1.16 bits per heavy atom. The molecule has 19 heavy (non-hydrogen) atoms. The van der Waals surface area contributed by atoms with Gasteiger partial charge in [-0.05, 0) is 5.75 Å². The Bertz CT molecular complexity index is 420. The summed E-state index contributed by atoms with van der Waals surface area (Å²) in [6, 6.07) is 0. The van der Waals surface area contributed by atoms with Gasteiger partial charge in [0.15, 0.2) is 0 Å². The molecule has 0 saturated carbocycles. The van der Waals surface area contributed by atoms with Crippen LogP contribution in [-0.4, -0.2) is 42.3 Å². The molecule has 0 aromatic carbocycles. The molecule has 0 aliphatic heterocycles. The Labute approximate surface area is 99.4 Å². The smallest absolute Gasteiger partial charge is 0.460 e. The molecule has 0 rings (SSSR count). The van der Waals surface area contributed by atoms with Crippen LogP contribution in [0.1, 0.15) is 6.92 Å². The second-order valence-corrected chi connectivity index (χ2v) is 6.40. The van der Waals surface area contributed by atoms with E-state index < -0.39 is 38.7 Å². The van der Waals surface area contributed by atoms with Crippen molar-refractivity contribution in [2.24, 2.45) is 0 Å². The van der Waals surface area contributed by atoms with Crippen LogP contribution < -0.4 is 0 Å². The van der Waals surface area contributed by atoms with E-state index >= 15 is 0 Å². The fraction of sp³-hybridized carbons (Fsp3) is 1.00. The summed E-state index contributed by atoms with van der Waals surface area (Å²) in [5.41, 5.74) is 0. The average molecular weight is 328 g/mol. The van der Waals surface area contributed by atoms with Crippen LogP contribution in [0.4, 0.5) is 39.5 Å². The van der Waals surface area contributed by atoms with Crippen molar-refractivity contribution in [2.75, 3.05) is 5.75 Å². The van der Waals surface area contributed by atoms with Gasteiger partial charge in [0.25, 0.3) is 0 Å². The van der Waals surface area contributed by atoms with E-state index in [-0.39, 0.29) is 6.92 Å². The highest BCUT2D eigenvalue weighted by Gasteiger charge is 2.83. The molecule has 0 aliphatic carbocycles. The third-order valence-electron chi connectivity index (χ3n) is 2.11. The van der Waals surface area contributed by atoms with Crippen LogP contribution >= 0.6 is 0 Å². The summed E-state index contributed by atoms with van der Waals surface area (Å²) in [6.07, 6.45) is -7.18. The van der Waals surface area contributed by atoms with Gasteiger partial charge in [-0.2, -0.15) is 49.1 Å². The zero-order valence-corrected chi connectivity index (χ0v) is 9.56. The summed E-state index contributed by atoms with van der Waals surface area (Å²) in [6.45, 7) is 0.102. The summed E-state index contributed by atoms with van der Waals surface area (Å²) in [5.74, 6) is -17.2. The lowest BCUT2D eigenvalue weighted by Crippen LogP contribution is -2.69. The number of hydrogen-bond donors (Lipinski definition) is 0. The van der Waals surface area contributed by atoms with E-state index in [1.807, 2.05) is 0 Å². The standard InChI is InChI=1S/C6H7F9O3S/c1-2-19(16,17,18)6(14,15)4(9,10)3(7,8)5(11,12)13/h2H2,1H3,(H2,16,17,18)/p-2. The van der Waals surface area contributed by atoms with Crippen LogP contribution in [0.2, 0.25) is 0 Å². The van der Waals surface area contributed by atoms with Gasteiger partial charge in [0.05, 0.1) is 0 Å². The van der Waals surface area contributed by atoms with Crippen LogP contribution in [0, 0.1) is 0 Å². The normalized spacial score (nSPS) is 18.0. The highest BCUT2D eigenvalue weighted by atomic mass is 32.3. The van der Waals surface area contributed by atoms with E-state index in [0.717, 1.165) is 0 Å². The van der Waals surface area contributed by atoms with Crippen molar-refractivity contribution in [3.8, 4) is 0 Å². The molecule has 118 valence electrons. The molecule has 3 nitrogen and oxygen atoms in total. The van der Waals surface area contributed by atoms with Crippen molar-refractivity contribution in [1.82, 2.24) is 0 Å². The van der Waals surface area contributed by atoms with Gasteiger partial charge in [-0.1, -0.05) is 6.92 Å². The Balaban J connectivity index is 6.16. The molecular formula is C6H5F9O3S-2. The van der Waals surface area contributed by atoms with Crippen LogP contribution in [-0.2, 0) is 9.63 Å². The second-order valence-electron chi connectivity index (χ2n) is 3.40. The van der Waals surface area contributed by atoms with Crippen molar-refractivity contribution in [3.63, 3.8) is 0 Å². The Morgan fingerprint density at radius 1 is 0.842 bits per heavy atom. The van der Waals surface area contributed by atoms with Gasteiger partial charge in [-0.3, -0.25) is 0 Å². The van der Waals surface area contributed by atoms with Crippen molar-refractivity contribution in [3.05, 3.63) is 0 Å². The molecule has 0 N–H and O–H groups in total. The Morgan fingerprint density at radius 3 is 1.37 bits per heavy atom. The molecule has 0 aromatic heterocycles. The number of hydrogen-bond acceptors (Lipinski definition) is 3. The molecule has 0 spiro atoms. The van der Waals surface area contributed by atoms with Gasteiger partial charge < -0.3 is 13.3 Å². The maximum absolute atomic E-state index is 12.8. The van der Waals surface area contributed by atoms with Gasteiger partial charge in [0.1, 0.15) is 0 Å². The van der Waals surface area contributed by atoms with Gasteiger partial charge >= 0.3 is 23.3 Å². The molecule has 0 radical (unpaired) electrons. The van der Waals surface area contributed by atoms with Crippen molar-refractivity contribution >= 4 is 9.63 Å². The zero-order chi connectivity index (χ0) is 16.2. The number of rotatable bonds is 4. The van der Waals surface area contributed by atoms with E-state index in [4.69, 9.17) is 0 Å². The van der Waals surface area contributed by atoms with E-state index in [1.54, 1.807) is 0 Å². The molecule has 0 saturated heterocycles. The summed E-state index contributed by atoms with van der Waals surface area (Å²) in [7, 11) is -8.25. The topological polar surface area (TPSA) is 63.2 Å². The predicted molar refractivity (Wildman–Crippen MR) is 41.1 cm³/mol. The van der Waals surface area contributed by atoms with E-state index in [1.165, 1.54) is 0 Å². The molecule has 0 aromatic rings. The first kappa shape index (κ1) is 18.4. The maximum Gasteiger partial charge on any atom is 0.460 e. The van der Waals surface area contributed by atoms with Crippen LogP contribution in [0.5, 0.6) is 0 Å². The van der Waals surface area contributed by atoms with Gasteiger partial charge in [-0.15, -0.1) is 0 Å². The molecular weight excluding hydrogens is 323 g/mol. The lowest BCUT2D eigenvalue weighted by molar-refractivity contribution is -0.384. The van der Waals surface area contributed by atoms with Crippen LogP contribution in [0.15, 0.2) is 0 Å². The van der Waals surface area contributed by atoms with E-state index in [0.29, 0.717) is 0 Å². The molecule has 13 heteroatoms. The zero-order valence-electron chi connectivity index (χ0n) is 8.74. The molecule has 0 unspecified atom stereocenters. The Kier molecular flexibility index (Phi) is 3.86. The van der Waals surface area contributed by atoms with Crippen LogP contribution in [0.25, 0.3) is 0 Å². The first-order valence-electron chi connectivity index (χ1n) is 4.15. The first-order valence-corrected chi connectivity index (χ1v) is 6.14. The number of sulfone groups is 3. The highest BCUT2D eigenvalue weighted by Crippen LogP contribution is 2.58. The number of halogens is 9. The maximum atomic E-state index is 12.8. The molecule has 0 amide bonds. The molecule has 0 heterocycles. The monoisotopic (exact) mass is 328 g/mol. The summed E-state index contributed by atoms with van der Waals surface area (Å²) in [4.78, 5) is 0. The van der Waals surface area contributed by atoms with Crippen molar-refractivity contribution in [1.29, 1.82) is 0 Å². The first-order chi connectivity index (χ1) is 7.84. The molecule has 0 fully saturated rings. The average Bonchev–Trinajstić information content (AvgIpc) is 2.14. The Hall–Kier alpha value is -0.560. The SMILES string of the molecule is CCS(=O)([O-])([O-])C(F)(F)C(F)(F)C(F)(F)C(F)(F)F. The third-order valence-corrected chi connectivity index (χ3v) is 4.35. The third kappa shape index (κ3) is 2.31. The van der Waals surface area contributed by atoms with Gasteiger partial charge in [0.2, 0.25) is 0 Å². The largest absolute Gasteiger partial charge is 0.794 e. The fourth-order valence-electron chi connectivity index (χ4n) is 0.790. The molecule has 0 aliphatic rings. The van der Waals surface area contributed by atoms with Crippen molar-refractivity contribution in [2.45, 2.75) is 30.2 Å². The summed E-state index contributed by atoms with van der Waals surface area (Å²) in [5, 5.41) is -7.14. The summed E-state index contributed by atoms with van der Waals surface area (Å²) >= 11 is 0. The quantitative estimate of drug-likeness (QED) is 0.745. The van der Waals surface area contributed by atoms with E-state index in [2.05, 4.69) is 0 Å². The fourth-order valence-corrected chi connectivity index (χ4v) is 1.78. The molecule has 0 bridgehead atoms. The highest BCUT2D eigenvalue weighted by molar-refractivity contribution is 8.11. The molecule has 0 atom stereocenters. The van der Waals surface area contributed by atoms with Gasteiger partial charge in [-0.25, -0.2) is 0 Å². The number of alkyl halides is 9. The lowest BCUT2D eigenvalue weighted by Gasteiger charge is -2.60. The van der Waals surface area contributed by atoms with E-state index in [9.17, 15) is 52.8 Å². The van der Waals surface area contributed by atoms with Gasteiger partial charge in [0, 0.05) is 0 Å². The van der Waals surface area contributed by atoms with Crippen molar-refractivity contribution < 1.29 is 52.8 Å². The second kappa shape index (κ2) is 3.97. The minimum absolute atomic E-state index is 0.102. The minimum atomic E-state index is -8.25. The lowest BCUT2D eigenvalue weighted by atomic mass is 10.1. The minimum Gasteiger partial charge on any atom is -0.794 e. The summed E-state index contributed by atoms with van der Waals surface area (Å²) < 4.78 is 142.